The predicted octanol–water partition coefficient (Wildman–Crippen LogP) is 8.60. The number of aromatic amines is 2. The number of carbonyl (C=O) groups is 2. The Balaban J connectivity index is 1.83. The number of methoxy groups -OCH3 is 2. The van der Waals surface area contributed by atoms with Crippen LogP contribution in [0.4, 0.5) is 0 Å². The van der Waals surface area contributed by atoms with Gasteiger partial charge < -0.3 is 19.4 Å². The van der Waals surface area contributed by atoms with Crippen LogP contribution in [0.25, 0.3) is 44.4 Å². The Kier molecular flexibility index (Phi) is 9.94. The van der Waals surface area contributed by atoms with E-state index in [4.69, 9.17) is 19.4 Å². The summed E-state index contributed by atoms with van der Waals surface area (Å²) in [5, 5.41) is 0. The highest BCUT2D eigenvalue weighted by molar-refractivity contribution is 5.95. The summed E-state index contributed by atoms with van der Waals surface area (Å²) in [5.74, 6) is -0.420. The topological polar surface area (TPSA) is 110 Å². The largest absolute Gasteiger partial charge is 0.469 e. The molecule has 8 heteroatoms. The standard InChI is InChI=1S/C38H46N4O4/c1-9-25-21(3)29-17-30-23(5)27(13-11-15-37(43)45-7)35(41-30)20-36-28(14-12-16-38(44)46-8)24(6)32(42-36)19-34-26(10-2)22(4)31(40-34)18-33(25)39-29/h17-20,40,42H,9-16H2,1-8H3. The zero-order valence-corrected chi connectivity index (χ0v) is 28.5. The summed E-state index contributed by atoms with van der Waals surface area (Å²) in [6.07, 6.45) is 5.23. The van der Waals surface area contributed by atoms with Gasteiger partial charge in [-0.2, -0.15) is 0 Å². The minimum atomic E-state index is -0.213. The maximum absolute atomic E-state index is 12.0. The van der Waals surface area contributed by atoms with Gasteiger partial charge in [0.1, 0.15) is 0 Å². The highest BCUT2D eigenvalue weighted by Crippen LogP contribution is 2.37. The van der Waals surface area contributed by atoms with Gasteiger partial charge in [0, 0.05) is 34.9 Å². The van der Waals surface area contributed by atoms with Crippen molar-refractivity contribution in [3.05, 3.63) is 69.3 Å². The number of nitrogens with zero attached hydrogens (tertiary/aromatic N) is 2. The van der Waals surface area contributed by atoms with Gasteiger partial charge in [0.25, 0.3) is 0 Å². The van der Waals surface area contributed by atoms with Crippen molar-refractivity contribution in [2.45, 2.75) is 92.9 Å². The molecule has 0 amide bonds. The molecule has 2 aliphatic heterocycles. The lowest BCUT2D eigenvalue weighted by molar-refractivity contribution is -0.141. The molecule has 46 heavy (non-hydrogen) atoms. The van der Waals surface area contributed by atoms with Crippen LogP contribution >= 0.6 is 0 Å². The molecule has 0 spiro atoms. The van der Waals surface area contributed by atoms with E-state index < -0.39 is 0 Å². The van der Waals surface area contributed by atoms with Crippen molar-refractivity contribution in [2.75, 3.05) is 14.2 Å². The van der Waals surface area contributed by atoms with Crippen molar-refractivity contribution >= 4 is 56.3 Å². The number of rotatable bonds is 10. The summed E-state index contributed by atoms with van der Waals surface area (Å²) < 4.78 is 9.82. The Labute approximate surface area is 271 Å². The van der Waals surface area contributed by atoms with Gasteiger partial charge in [0.2, 0.25) is 0 Å². The molecule has 8 nitrogen and oxygen atoms in total. The van der Waals surface area contributed by atoms with Gasteiger partial charge in [-0.1, -0.05) is 13.8 Å². The average Bonchev–Trinajstić information content (AvgIpc) is 3.70. The SMILES string of the molecule is CCC1=C(C)c2cc3nc(cc4[nH]c(cc5[nH]c(cc1n2)c(C)c5CC)c(C)c4CCCC(=O)OC)C(CCCC(=O)OC)=C3C. The quantitative estimate of drug-likeness (QED) is 0.219. The van der Waals surface area contributed by atoms with Crippen molar-refractivity contribution in [3.63, 3.8) is 0 Å². The van der Waals surface area contributed by atoms with E-state index in [2.05, 4.69) is 75.8 Å². The normalized spacial score (nSPS) is 13.0. The van der Waals surface area contributed by atoms with Gasteiger partial charge in [-0.3, -0.25) is 9.59 Å². The van der Waals surface area contributed by atoms with Gasteiger partial charge in [-0.15, -0.1) is 0 Å². The van der Waals surface area contributed by atoms with Crippen LogP contribution < -0.4 is 0 Å². The van der Waals surface area contributed by atoms with E-state index in [-0.39, 0.29) is 11.9 Å². The van der Waals surface area contributed by atoms with Gasteiger partial charge in [-0.05, 0) is 135 Å². The molecule has 2 N–H and O–H groups in total. The Morgan fingerprint density at radius 2 is 1.11 bits per heavy atom. The molecule has 0 aromatic carbocycles. The van der Waals surface area contributed by atoms with Crippen LogP contribution in [-0.4, -0.2) is 46.1 Å². The van der Waals surface area contributed by atoms with Crippen molar-refractivity contribution in [1.29, 1.82) is 0 Å². The zero-order valence-electron chi connectivity index (χ0n) is 28.5. The van der Waals surface area contributed by atoms with Crippen LogP contribution in [0.3, 0.4) is 0 Å². The van der Waals surface area contributed by atoms with E-state index in [9.17, 15) is 9.59 Å². The van der Waals surface area contributed by atoms with E-state index in [1.165, 1.54) is 36.5 Å². The van der Waals surface area contributed by atoms with Crippen LogP contribution in [-0.2, 0) is 31.9 Å². The highest BCUT2D eigenvalue weighted by Gasteiger charge is 2.21. The summed E-state index contributed by atoms with van der Waals surface area (Å²) in [6, 6.07) is 8.64. The number of carbonyl (C=O) groups excluding carboxylic acids is 2. The fourth-order valence-corrected chi connectivity index (χ4v) is 6.78. The Morgan fingerprint density at radius 3 is 1.70 bits per heavy atom. The molecule has 8 bridgehead atoms. The summed E-state index contributed by atoms with van der Waals surface area (Å²) in [5.41, 5.74) is 17.2. The van der Waals surface area contributed by atoms with E-state index in [1.54, 1.807) is 0 Å². The highest BCUT2D eigenvalue weighted by atomic mass is 16.5. The molecule has 0 radical (unpaired) electrons. The predicted molar refractivity (Wildman–Crippen MR) is 186 cm³/mol. The number of hydrogen-bond acceptors (Lipinski definition) is 6. The number of H-pyrrole nitrogens is 2. The van der Waals surface area contributed by atoms with E-state index in [0.29, 0.717) is 32.1 Å². The maximum atomic E-state index is 12.0. The minimum Gasteiger partial charge on any atom is -0.469 e. The molecule has 5 heterocycles. The lowest BCUT2D eigenvalue weighted by Gasteiger charge is -2.05. The fraction of sp³-hybridized carbons (Fsp3) is 0.421. The molecule has 0 atom stereocenters. The molecule has 0 saturated carbocycles. The summed E-state index contributed by atoms with van der Waals surface area (Å²) in [4.78, 5) is 41.7. The van der Waals surface area contributed by atoms with Gasteiger partial charge in [0.15, 0.2) is 0 Å². The van der Waals surface area contributed by atoms with Crippen LogP contribution in [0, 0.1) is 13.8 Å². The first kappa shape index (κ1) is 32.9. The second-order valence-electron chi connectivity index (χ2n) is 12.2. The van der Waals surface area contributed by atoms with Crippen LogP contribution in [0.1, 0.15) is 111 Å². The summed E-state index contributed by atoms with van der Waals surface area (Å²) in [6.45, 7) is 12.9. The third-order valence-corrected chi connectivity index (χ3v) is 9.58. The third kappa shape index (κ3) is 6.43. The van der Waals surface area contributed by atoms with Crippen LogP contribution in [0.5, 0.6) is 0 Å². The molecule has 5 rings (SSSR count). The lowest BCUT2D eigenvalue weighted by Crippen LogP contribution is -2.00. The number of aromatic nitrogens is 4. The first-order valence-electron chi connectivity index (χ1n) is 16.4. The lowest BCUT2D eigenvalue weighted by atomic mass is 9.99. The van der Waals surface area contributed by atoms with Crippen molar-refractivity contribution in [3.8, 4) is 0 Å². The molecule has 0 fully saturated rings. The van der Waals surface area contributed by atoms with Crippen molar-refractivity contribution < 1.29 is 19.1 Å². The smallest absolute Gasteiger partial charge is 0.305 e. The molecule has 3 aromatic heterocycles. The van der Waals surface area contributed by atoms with Gasteiger partial charge in [0.05, 0.1) is 37.0 Å². The summed E-state index contributed by atoms with van der Waals surface area (Å²) in [7, 11) is 2.85. The number of nitrogens with one attached hydrogen (secondary N) is 2. The zero-order chi connectivity index (χ0) is 33.1. The molecular formula is C38H46N4O4. The molecule has 0 unspecified atom stereocenters. The Morgan fingerprint density at radius 1 is 0.609 bits per heavy atom. The Bertz CT molecular complexity index is 1920. The van der Waals surface area contributed by atoms with Crippen molar-refractivity contribution in [2.24, 2.45) is 0 Å². The number of fused-ring (bicyclic) bond motifs is 8. The Hall–Kier alpha value is -4.46. The molecule has 0 aliphatic carbocycles. The molecular weight excluding hydrogens is 576 g/mol. The number of hydrogen-bond donors (Lipinski definition) is 2. The summed E-state index contributed by atoms with van der Waals surface area (Å²) >= 11 is 0. The van der Waals surface area contributed by atoms with Crippen LogP contribution in [0.2, 0.25) is 0 Å². The van der Waals surface area contributed by atoms with Crippen LogP contribution in [0.15, 0.2) is 24.3 Å². The number of ether oxygens (including phenoxy) is 2. The number of allylic oxidation sites excluding steroid dienone is 4. The van der Waals surface area contributed by atoms with E-state index in [0.717, 1.165) is 86.4 Å². The van der Waals surface area contributed by atoms with Crippen molar-refractivity contribution in [1.82, 2.24) is 19.9 Å². The molecule has 242 valence electrons. The number of aryl methyl sites for hydroxylation is 4. The molecule has 0 saturated heterocycles. The second kappa shape index (κ2) is 13.9. The minimum absolute atomic E-state index is 0.207. The third-order valence-electron chi connectivity index (χ3n) is 9.58. The second-order valence-corrected chi connectivity index (χ2v) is 12.2. The maximum Gasteiger partial charge on any atom is 0.305 e. The average molecular weight is 623 g/mol. The van der Waals surface area contributed by atoms with E-state index in [1.807, 2.05) is 0 Å². The number of esters is 2. The van der Waals surface area contributed by atoms with Gasteiger partial charge in [-0.25, -0.2) is 9.97 Å². The fourth-order valence-electron chi connectivity index (χ4n) is 6.78. The van der Waals surface area contributed by atoms with E-state index >= 15 is 0 Å². The monoisotopic (exact) mass is 622 g/mol. The first-order chi connectivity index (χ1) is 22.1. The van der Waals surface area contributed by atoms with Gasteiger partial charge >= 0.3 is 11.9 Å². The first-order valence-corrected chi connectivity index (χ1v) is 16.4. The molecule has 2 aliphatic rings. The molecule has 3 aromatic rings.